The van der Waals surface area contributed by atoms with Gasteiger partial charge in [0.05, 0.1) is 5.69 Å². The highest BCUT2D eigenvalue weighted by atomic mass is 79.9. The number of hydrogen-bond acceptors (Lipinski definition) is 2. The van der Waals surface area contributed by atoms with Crippen LogP contribution in [0.15, 0.2) is 28.7 Å². The summed E-state index contributed by atoms with van der Waals surface area (Å²) in [4.78, 5) is 7.81. The molecule has 0 amide bonds. The van der Waals surface area contributed by atoms with Crippen LogP contribution >= 0.6 is 15.9 Å². The Labute approximate surface area is 103 Å². The molecule has 2 rings (SSSR count). The second-order valence-corrected chi connectivity index (χ2v) is 4.62. The lowest BCUT2D eigenvalue weighted by Gasteiger charge is -1.98. The lowest BCUT2D eigenvalue weighted by atomic mass is 10.1. The first-order valence-electron chi connectivity index (χ1n) is 5.22. The molecule has 0 aliphatic rings. The smallest absolute Gasteiger partial charge is 0.108 e. The molecule has 0 aliphatic heterocycles. The van der Waals surface area contributed by atoms with E-state index in [2.05, 4.69) is 38.0 Å². The fourth-order valence-electron chi connectivity index (χ4n) is 1.69. The third-order valence-electron chi connectivity index (χ3n) is 2.41. The van der Waals surface area contributed by atoms with E-state index in [0.29, 0.717) is 6.54 Å². The number of hydrogen-bond donors (Lipinski definition) is 2. The van der Waals surface area contributed by atoms with Crippen molar-refractivity contribution in [1.29, 1.82) is 0 Å². The maximum atomic E-state index is 5.52. The van der Waals surface area contributed by atoms with E-state index in [9.17, 15) is 0 Å². The number of aromatic amines is 1. The summed E-state index contributed by atoms with van der Waals surface area (Å²) in [7, 11) is 0. The summed E-state index contributed by atoms with van der Waals surface area (Å²) < 4.78 is 1.06. The van der Waals surface area contributed by atoms with Crippen LogP contribution in [0.2, 0.25) is 0 Å². The van der Waals surface area contributed by atoms with Crippen LogP contribution in [0.4, 0.5) is 0 Å². The van der Waals surface area contributed by atoms with Gasteiger partial charge in [-0.1, -0.05) is 28.1 Å². The molecule has 1 aromatic heterocycles. The maximum absolute atomic E-state index is 5.52. The number of aryl methyl sites for hydroxylation is 1. The van der Waals surface area contributed by atoms with E-state index in [0.717, 1.165) is 33.7 Å². The number of benzene rings is 1. The van der Waals surface area contributed by atoms with Gasteiger partial charge in [0.15, 0.2) is 0 Å². The molecule has 1 aromatic carbocycles. The molecule has 4 heteroatoms. The minimum atomic E-state index is 0.616. The summed E-state index contributed by atoms with van der Waals surface area (Å²) in [6.07, 6.45) is 0.787. The van der Waals surface area contributed by atoms with Crippen molar-refractivity contribution in [2.45, 2.75) is 13.3 Å². The third kappa shape index (κ3) is 2.33. The normalized spacial score (nSPS) is 10.7. The van der Waals surface area contributed by atoms with E-state index >= 15 is 0 Å². The number of rotatable bonds is 3. The van der Waals surface area contributed by atoms with E-state index in [-0.39, 0.29) is 0 Å². The monoisotopic (exact) mass is 279 g/mol. The van der Waals surface area contributed by atoms with Gasteiger partial charge in [-0.25, -0.2) is 4.98 Å². The minimum Gasteiger partial charge on any atom is -0.346 e. The van der Waals surface area contributed by atoms with Gasteiger partial charge in [0, 0.05) is 22.2 Å². The maximum Gasteiger partial charge on any atom is 0.108 e. The van der Waals surface area contributed by atoms with Crippen molar-refractivity contribution in [2.75, 3.05) is 6.54 Å². The topological polar surface area (TPSA) is 54.7 Å². The van der Waals surface area contributed by atoms with Crippen LogP contribution < -0.4 is 5.73 Å². The molecule has 0 spiro atoms. The molecule has 0 radical (unpaired) electrons. The molecule has 0 saturated heterocycles. The van der Waals surface area contributed by atoms with Crippen molar-refractivity contribution in [3.63, 3.8) is 0 Å². The van der Waals surface area contributed by atoms with Crippen molar-refractivity contribution in [1.82, 2.24) is 9.97 Å². The summed E-state index contributed by atoms with van der Waals surface area (Å²) >= 11 is 3.46. The molecular weight excluding hydrogens is 266 g/mol. The van der Waals surface area contributed by atoms with Crippen molar-refractivity contribution in [2.24, 2.45) is 5.73 Å². The van der Waals surface area contributed by atoms with Crippen LogP contribution in [0, 0.1) is 6.92 Å². The molecule has 0 atom stereocenters. The zero-order valence-corrected chi connectivity index (χ0v) is 10.7. The fourth-order valence-corrected chi connectivity index (χ4v) is 2.09. The Balaban J connectivity index is 2.40. The summed E-state index contributed by atoms with van der Waals surface area (Å²) in [5.74, 6) is 0.954. The number of aromatic nitrogens is 2. The molecule has 0 unspecified atom stereocenters. The van der Waals surface area contributed by atoms with E-state index in [1.165, 1.54) is 0 Å². The third-order valence-corrected chi connectivity index (χ3v) is 2.91. The average Bonchev–Trinajstić information content (AvgIpc) is 2.60. The Morgan fingerprint density at radius 3 is 2.94 bits per heavy atom. The first-order chi connectivity index (χ1) is 7.70. The molecule has 1 heterocycles. The van der Waals surface area contributed by atoms with Crippen LogP contribution in [0.3, 0.4) is 0 Å². The van der Waals surface area contributed by atoms with Crippen LogP contribution in [0.1, 0.15) is 11.5 Å². The molecule has 0 aliphatic carbocycles. The van der Waals surface area contributed by atoms with Crippen molar-refractivity contribution in [3.8, 4) is 11.3 Å². The Morgan fingerprint density at radius 2 is 2.25 bits per heavy atom. The second-order valence-electron chi connectivity index (χ2n) is 3.71. The number of H-pyrrole nitrogens is 1. The molecule has 0 bridgehead atoms. The zero-order valence-electron chi connectivity index (χ0n) is 9.13. The van der Waals surface area contributed by atoms with Crippen LogP contribution in [0.25, 0.3) is 11.3 Å². The molecule has 84 valence electrons. The molecular formula is C12H14BrN3. The number of nitrogens with two attached hydrogens (primary N) is 1. The van der Waals surface area contributed by atoms with Gasteiger partial charge in [-0.15, -0.1) is 0 Å². The molecule has 16 heavy (non-hydrogen) atoms. The summed E-state index contributed by atoms with van der Waals surface area (Å²) in [6.45, 7) is 2.65. The Hall–Kier alpha value is -1.13. The quantitative estimate of drug-likeness (QED) is 0.908. The number of nitrogens with zero attached hydrogens (tertiary/aromatic N) is 1. The number of nitrogens with one attached hydrogen (secondary N) is 1. The van der Waals surface area contributed by atoms with Crippen molar-refractivity contribution in [3.05, 3.63) is 40.3 Å². The minimum absolute atomic E-state index is 0.616. The van der Waals surface area contributed by atoms with Crippen LogP contribution in [0.5, 0.6) is 0 Å². The van der Waals surface area contributed by atoms with E-state index in [4.69, 9.17) is 5.73 Å². The first-order valence-corrected chi connectivity index (χ1v) is 6.01. The lowest BCUT2D eigenvalue weighted by molar-refractivity contribution is 0.891. The summed E-state index contributed by atoms with van der Waals surface area (Å²) in [6, 6.07) is 8.14. The van der Waals surface area contributed by atoms with Gasteiger partial charge >= 0.3 is 0 Å². The van der Waals surface area contributed by atoms with Crippen LogP contribution in [-0.2, 0) is 6.42 Å². The Kier molecular flexibility index (Phi) is 3.41. The average molecular weight is 280 g/mol. The zero-order chi connectivity index (χ0) is 11.5. The number of halogens is 1. The molecule has 2 aromatic rings. The number of imidazole rings is 1. The summed E-state index contributed by atoms with van der Waals surface area (Å²) in [5.41, 5.74) is 8.72. The molecule has 3 N–H and O–H groups in total. The van der Waals surface area contributed by atoms with E-state index < -0.39 is 0 Å². The van der Waals surface area contributed by atoms with E-state index in [1.807, 2.05) is 19.1 Å². The highest BCUT2D eigenvalue weighted by Gasteiger charge is 2.08. The van der Waals surface area contributed by atoms with Gasteiger partial charge in [-0.2, -0.15) is 0 Å². The molecule has 3 nitrogen and oxygen atoms in total. The van der Waals surface area contributed by atoms with Gasteiger partial charge in [-0.05, 0) is 25.6 Å². The molecule has 0 fully saturated rings. The first kappa shape index (κ1) is 11.4. The molecule has 0 saturated carbocycles. The van der Waals surface area contributed by atoms with Gasteiger partial charge in [0.25, 0.3) is 0 Å². The van der Waals surface area contributed by atoms with E-state index in [1.54, 1.807) is 0 Å². The highest BCUT2D eigenvalue weighted by molar-refractivity contribution is 9.10. The van der Waals surface area contributed by atoms with Gasteiger partial charge in [0.2, 0.25) is 0 Å². The summed E-state index contributed by atoms with van der Waals surface area (Å²) in [5, 5.41) is 0. The SMILES string of the molecule is Cc1[nH]c(CCN)nc1-c1cccc(Br)c1. The Bertz CT molecular complexity index is 491. The van der Waals surface area contributed by atoms with Gasteiger partial charge < -0.3 is 10.7 Å². The lowest BCUT2D eigenvalue weighted by Crippen LogP contribution is -2.03. The van der Waals surface area contributed by atoms with Gasteiger partial charge in [0.1, 0.15) is 5.82 Å². The van der Waals surface area contributed by atoms with Crippen LogP contribution in [-0.4, -0.2) is 16.5 Å². The fraction of sp³-hybridized carbons (Fsp3) is 0.250. The second kappa shape index (κ2) is 4.80. The highest BCUT2D eigenvalue weighted by Crippen LogP contribution is 2.24. The predicted octanol–water partition coefficient (Wildman–Crippen LogP) is 2.65. The predicted molar refractivity (Wildman–Crippen MR) is 69.2 cm³/mol. The Morgan fingerprint density at radius 1 is 1.44 bits per heavy atom. The van der Waals surface area contributed by atoms with Crippen molar-refractivity contribution < 1.29 is 0 Å². The largest absolute Gasteiger partial charge is 0.346 e. The van der Waals surface area contributed by atoms with Gasteiger partial charge in [-0.3, -0.25) is 0 Å². The van der Waals surface area contributed by atoms with Crippen molar-refractivity contribution >= 4 is 15.9 Å². The standard InChI is InChI=1S/C12H14BrN3/c1-8-12(16-11(15-8)5-6-14)9-3-2-4-10(13)7-9/h2-4,7H,5-6,14H2,1H3,(H,15,16).